The Morgan fingerprint density at radius 3 is 2.67 bits per heavy atom. The van der Waals surface area contributed by atoms with Gasteiger partial charge in [0.15, 0.2) is 0 Å². The van der Waals surface area contributed by atoms with Crippen molar-refractivity contribution in [2.75, 3.05) is 11.9 Å². The molecule has 27 heavy (non-hydrogen) atoms. The van der Waals surface area contributed by atoms with E-state index in [1.165, 1.54) is 29.6 Å². The van der Waals surface area contributed by atoms with E-state index in [1.54, 1.807) is 12.3 Å². The zero-order valence-electron chi connectivity index (χ0n) is 15.6. The minimum Gasteiger partial charge on any atom is -0.478 e. The number of carboxylic acid groups (broad SMARTS) is 1. The van der Waals surface area contributed by atoms with Crippen LogP contribution in [-0.4, -0.2) is 42.4 Å². The van der Waals surface area contributed by atoms with Gasteiger partial charge in [-0.3, -0.25) is 9.67 Å². The highest BCUT2D eigenvalue weighted by Gasteiger charge is 2.11. The van der Waals surface area contributed by atoms with Gasteiger partial charge in [-0.1, -0.05) is 0 Å². The van der Waals surface area contributed by atoms with Gasteiger partial charge >= 0.3 is 5.97 Å². The van der Waals surface area contributed by atoms with E-state index in [0.717, 1.165) is 18.7 Å². The summed E-state index contributed by atoms with van der Waals surface area (Å²) in [6, 6.07) is 4.66. The number of hydrogen-bond donors (Lipinski definition) is 2. The molecule has 0 unspecified atom stereocenters. The predicted octanol–water partition coefficient (Wildman–Crippen LogP) is 2.72. The van der Waals surface area contributed by atoms with Gasteiger partial charge in [0.2, 0.25) is 5.95 Å². The maximum absolute atomic E-state index is 11.1. The van der Waals surface area contributed by atoms with Crippen LogP contribution in [-0.2, 0) is 13.0 Å². The first-order chi connectivity index (χ1) is 13.0. The summed E-state index contributed by atoms with van der Waals surface area (Å²) in [5, 5.41) is 16.9. The van der Waals surface area contributed by atoms with E-state index >= 15 is 0 Å². The Morgan fingerprint density at radius 2 is 1.96 bits per heavy atom. The molecular formula is C19H22N6O2. The smallest absolute Gasteiger partial charge is 0.335 e. The number of carboxylic acids is 1. The lowest BCUT2D eigenvalue weighted by atomic mass is 10.1. The molecule has 3 aromatic rings. The van der Waals surface area contributed by atoms with Crippen LogP contribution < -0.4 is 5.32 Å². The number of aromatic nitrogens is 5. The van der Waals surface area contributed by atoms with Crippen molar-refractivity contribution in [1.29, 1.82) is 0 Å². The third-order valence-corrected chi connectivity index (χ3v) is 4.41. The van der Waals surface area contributed by atoms with Gasteiger partial charge in [0.1, 0.15) is 0 Å². The molecular weight excluding hydrogens is 344 g/mol. The fourth-order valence-corrected chi connectivity index (χ4v) is 2.99. The van der Waals surface area contributed by atoms with Crippen molar-refractivity contribution in [2.24, 2.45) is 0 Å². The fraction of sp³-hybridized carbons (Fsp3) is 0.316. The van der Waals surface area contributed by atoms with Gasteiger partial charge in [0, 0.05) is 31.2 Å². The Kier molecular flexibility index (Phi) is 5.44. The molecule has 0 aliphatic heterocycles. The first-order valence-corrected chi connectivity index (χ1v) is 8.79. The molecule has 0 radical (unpaired) electrons. The molecule has 140 valence electrons. The van der Waals surface area contributed by atoms with Crippen molar-refractivity contribution in [2.45, 2.75) is 33.7 Å². The summed E-state index contributed by atoms with van der Waals surface area (Å²) in [6.07, 6.45) is 3.91. The molecule has 0 saturated carbocycles. The van der Waals surface area contributed by atoms with E-state index in [2.05, 4.69) is 39.2 Å². The molecule has 2 N–H and O–H groups in total. The molecule has 3 aromatic heterocycles. The second-order valence-electron chi connectivity index (χ2n) is 6.14. The van der Waals surface area contributed by atoms with Crippen molar-refractivity contribution in [3.8, 4) is 11.4 Å². The largest absolute Gasteiger partial charge is 0.478 e. The highest BCUT2D eigenvalue weighted by Crippen LogP contribution is 2.17. The monoisotopic (exact) mass is 366 g/mol. The Balaban J connectivity index is 1.71. The Labute approximate surface area is 157 Å². The molecule has 0 aromatic carbocycles. The number of carbonyl (C=O) groups is 1. The van der Waals surface area contributed by atoms with Crippen LogP contribution in [0.2, 0.25) is 0 Å². The number of hydrogen-bond acceptors (Lipinski definition) is 6. The third-order valence-electron chi connectivity index (χ3n) is 4.41. The number of aryl methyl sites for hydroxylation is 2. The van der Waals surface area contributed by atoms with Gasteiger partial charge in [0.05, 0.1) is 22.6 Å². The number of pyridine rings is 1. The van der Waals surface area contributed by atoms with Gasteiger partial charge in [-0.25, -0.2) is 14.8 Å². The molecule has 3 rings (SSSR count). The summed E-state index contributed by atoms with van der Waals surface area (Å²) >= 11 is 0. The Morgan fingerprint density at radius 1 is 1.19 bits per heavy atom. The number of nitrogens with one attached hydrogen (secondary N) is 1. The summed E-state index contributed by atoms with van der Waals surface area (Å²) in [4.78, 5) is 24.0. The zero-order valence-corrected chi connectivity index (χ0v) is 15.6. The molecule has 0 aliphatic carbocycles. The maximum Gasteiger partial charge on any atom is 0.335 e. The van der Waals surface area contributed by atoms with E-state index in [9.17, 15) is 4.79 Å². The third kappa shape index (κ3) is 4.11. The van der Waals surface area contributed by atoms with Crippen molar-refractivity contribution in [3.05, 3.63) is 53.1 Å². The van der Waals surface area contributed by atoms with Gasteiger partial charge in [-0.15, -0.1) is 0 Å². The number of aromatic carboxylic acids is 1. The number of anilines is 1. The number of nitrogens with zero attached hydrogens (tertiary/aromatic N) is 5. The average Bonchev–Trinajstić information content (AvgIpc) is 2.96. The zero-order chi connectivity index (χ0) is 19.4. The lowest BCUT2D eigenvalue weighted by Gasteiger charge is -2.07. The number of rotatable bonds is 7. The van der Waals surface area contributed by atoms with E-state index < -0.39 is 5.97 Å². The fourth-order valence-electron chi connectivity index (χ4n) is 2.99. The summed E-state index contributed by atoms with van der Waals surface area (Å²) in [5.41, 5.74) is 4.70. The highest BCUT2D eigenvalue weighted by molar-refractivity contribution is 5.88. The normalized spacial score (nSPS) is 10.8. The molecule has 0 saturated heterocycles. The van der Waals surface area contributed by atoms with Gasteiger partial charge < -0.3 is 10.4 Å². The molecule has 0 spiro atoms. The second-order valence-corrected chi connectivity index (χ2v) is 6.14. The van der Waals surface area contributed by atoms with E-state index in [1.807, 2.05) is 11.6 Å². The molecule has 8 heteroatoms. The van der Waals surface area contributed by atoms with Crippen LogP contribution in [0.4, 0.5) is 5.95 Å². The summed E-state index contributed by atoms with van der Waals surface area (Å²) < 4.78 is 2.00. The molecule has 0 aliphatic rings. The lowest BCUT2D eigenvalue weighted by Crippen LogP contribution is -2.09. The van der Waals surface area contributed by atoms with E-state index in [-0.39, 0.29) is 5.56 Å². The molecule has 0 atom stereocenters. The molecule has 0 amide bonds. The maximum atomic E-state index is 11.1. The van der Waals surface area contributed by atoms with Gasteiger partial charge in [-0.2, -0.15) is 5.10 Å². The SMILES string of the molecule is CCn1nc(C)c(CCNc2nccc(-c3cc(C(=O)O)ccn3)n2)c1C. The highest BCUT2D eigenvalue weighted by atomic mass is 16.4. The topological polar surface area (TPSA) is 106 Å². The Hall–Kier alpha value is -3.29. The Bertz CT molecular complexity index is 967. The molecule has 0 fully saturated rings. The van der Waals surface area contributed by atoms with Gasteiger partial charge in [-0.05, 0) is 51.0 Å². The molecule has 0 bridgehead atoms. The minimum atomic E-state index is -0.996. The average molecular weight is 366 g/mol. The second kappa shape index (κ2) is 7.94. The van der Waals surface area contributed by atoms with Crippen LogP contribution >= 0.6 is 0 Å². The van der Waals surface area contributed by atoms with E-state index in [4.69, 9.17) is 5.11 Å². The summed E-state index contributed by atoms with van der Waals surface area (Å²) in [7, 11) is 0. The molecule has 8 nitrogen and oxygen atoms in total. The van der Waals surface area contributed by atoms with Crippen molar-refractivity contribution < 1.29 is 9.90 Å². The standard InChI is InChI=1S/C19H22N6O2/c1-4-25-13(3)15(12(2)24-25)6-9-21-19-22-10-7-16(23-19)17-11-14(18(26)27)5-8-20-17/h5,7-8,10-11H,4,6,9H2,1-3H3,(H,26,27)(H,21,22,23). The quantitative estimate of drug-likeness (QED) is 0.662. The van der Waals surface area contributed by atoms with Crippen molar-refractivity contribution in [1.82, 2.24) is 24.7 Å². The van der Waals surface area contributed by atoms with Crippen LogP contribution in [0.1, 0.15) is 34.2 Å². The first-order valence-electron chi connectivity index (χ1n) is 8.79. The molecule has 3 heterocycles. The van der Waals surface area contributed by atoms with Crippen LogP contribution in [0, 0.1) is 13.8 Å². The lowest BCUT2D eigenvalue weighted by molar-refractivity contribution is 0.0697. The van der Waals surface area contributed by atoms with Crippen LogP contribution in [0.3, 0.4) is 0 Å². The summed E-state index contributed by atoms with van der Waals surface area (Å²) in [5.74, 6) is -0.516. The van der Waals surface area contributed by atoms with Crippen LogP contribution in [0.5, 0.6) is 0 Å². The minimum absolute atomic E-state index is 0.173. The van der Waals surface area contributed by atoms with Crippen molar-refractivity contribution >= 4 is 11.9 Å². The predicted molar refractivity (Wildman–Crippen MR) is 102 cm³/mol. The van der Waals surface area contributed by atoms with Crippen molar-refractivity contribution in [3.63, 3.8) is 0 Å². The van der Waals surface area contributed by atoms with E-state index in [0.29, 0.717) is 23.9 Å². The van der Waals surface area contributed by atoms with Crippen LogP contribution in [0.25, 0.3) is 11.4 Å². The van der Waals surface area contributed by atoms with Crippen LogP contribution in [0.15, 0.2) is 30.6 Å². The summed E-state index contributed by atoms with van der Waals surface area (Å²) in [6.45, 7) is 7.70. The van der Waals surface area contributed by atoms with Gasteiger partial charge in [0.25, 0.3) is 0 Å². The first kappa shape index (κ1) is 18.5.